The third kappa shape index (κ3) is 1.57. The second-order valence-electron chi connectivity index (χ2n) is 2.89. The molecule has 2 N–H and O–H groups in total. The van der Waals surface area contributed by atoms with Crippen molar-refractivity contribution in [2.75, 3.05) is 0 Å². The van der Waals surface area contributed by atoms with E-state index in [4.69, 9.17) is 10.2 Å². The van der Waals surface area contributed by atoms with Gasteiger partial charge >= 0.3 is 0 Å². The summed E-state index contributed by atoms with van der Waals surface area (Å²) in [7, 11) is 0. The molecule has 2 nitrogen and oxygen atoms in total. The lowest BCUT2D eigenvalue weighted by Crippen LogP contribution is -2.44. The van der Waals surface area contributed by atoms with Crippen molar-refractivity contribution in [3.05, 3.63) is 11.6 Å². The van der Waals surface area contributed by atoms with E-state index >= 15 is 0 Å². The fraction of sp³-hybridized carbons (Fsp3) is 0.714. The van der Waals surface area contributed by atoms with Gasteiger partial charge in [-0.05, 0) is 6.92 Å². The Morgan fingerprint density at radius 2 is 2.09 bits per heavy atom. The van der Waals surface area contributed by atoms with Gasteiger partial charge in [-0.1, -0.05) is 11.6 Å². The Morgan fingerprint density at radius 1 is 1.55 bits per heavy atom. The molecule has 0 saturated carbocycles. The van der Waals surface area contributed by atoms with Crippen LogP contribution in [0.2, 0.25) is 0 Å². The lowest BCUT2D eigenvalue weighted by atomic mass is 9.92. The van der Waals surface area contributed by atoms with E-state index in [1.807, 2.05) is 0 Å². The molecule has 0 amide bonds. The summed E-state index contributed by atoms with van der Waals surface area (Å²) in [6.07, 6.45) is -2.60. The van der Waals surface area contributed by atoms with Crippen LogP contribution in [0.1, 0.15) is 13.3 Å². The third-order valence-corrected chi connectivity index (χ3v) is 1.73. The molecule has 0 fully saturated rings. The summed E-state index contributed by atoms with van der Waals surface area (Å²) < 4.78 is 25.3. The lowest BCUT2D eigenvalue weighted by molar-refractivity contribution is -0.146. The Labute approximate surface area is 63.2 Å². The number of aliphatic hydroxyl groups excluding tert-OH is 2. The zero-order valence-corrected chi connectivity index (χ0v) is 6.09. The first kappa shape index (κ1) is 8.62. The fourth-order valence-electron chi connectivity index (χ4n) is 1.17. The Balaban J connectivity index is 2.85. The molecule has 0 aromatic carbocycles. The van der Waals surface area contributed by atoms with Crippen molar-refractivity contribution in [1.82, 2.24) is 0 Å². The van der Waals surface area contributed by atoms with Gasteiger partial charge in [0, 0.05) is 6.42 Å². The first-order valence-electron chi connectivity index (χ1n) is 3.35. The van der Waals surface area contributed by atoms with Gasteiger partial charge in [0.1, 0.15) is 12.2 Å². The Bertz CT molecular complexity index is 189. The van der Waals surface area contributed by atoms with Crippen LogP contribution in [-0.2, 0) is 0 Å². The van der Waals surface area contributed by atoms with Crippen LogP contribution in [0.15, 0.2) is 11.6 Å². The number of alkyl halides is 2. The molecule has 0 saturated heterocycles. The molecule has 0 radical (unpaired) electrons. The van der Waals surface area contributed by atoms with E-state index in [9.17, 15) is 8.78 Å². The predicted octanol–water partition coefficient (Wildman–Crippen LogP) is 0.694. The average molecular weight is 164 g/mol. The number of aliphatic hydroxyl groups is 2. The van der Waals surface area contributed by atoms with Crippen LogP contribution < -0.4 is 0 Å². The predicted molar refractivity (Wildman–Crippen MR) is 35.3 cm³/mol. The molecule has 0 spiro atoms. The van der Waals surface area contributed by atoms with Crippen LogP contribution in [-0.4, -0.2) is 28.3 Å². The highest BCUT2D eigenvalue weighted by molar-refractivity contribution is 5.14. The van der Waals surface area contributed by atoms with Gasteiger partial charge in [-0.3, -0.25) is 0 Å². The molecule has 1 aliphatic rings. The van der Waals surface area contributed by atoms with Gasteiger partial charge in [0.25, 0.3) is 5.92 Å². The lowest BCUT2D eigenvalue weighted by Gasteiger charge is -2.29. The Kier molecular flexibility index (Phi) is 1.98. The first-order valence-corrected chi connectivity index (χ1v) is 3.35. The summed E-state index contributed by atoms with van der Waals surface area (Å²) in [6.45, 7) is 1.50. The molecule has 0 bridgehead atoms. The van der Waals surface area contributed by atoms with E-state index in [0.717, 1.165) is 0 Å². The number of hydrogen-bond donors (Lipinski definition) is 2. The van der Waals surface area contributed by atoms with Crippen molar-refractivity contribution < 1.29 is 19.0 Å². The summed E-state index contributed by atoms with van der Waals surface area (Å²) in [4.78, 5) is 0. The normalized spacial score (nSPS) is 36.6. The third-order valence-electron chi connectivity index (χ3n) is 1.73. The summed E-state index contributed by atoms with van der Waals surface area (Å²) in [5, 5.41) is 17.7. The molecule has 0 heterocycles. The Morgan fingerprint density at radius 3 is 2.55 bits per heavy atom. The topological polar surface area (TPSA) is 40.5 Å². The molecule has 1 rings (SSSR count). The van der Waals surface area contributed by atoms with Crippen LogP contribution >= 0.6 is 0 Å². The first-order chi connectivity index (χ1) is 4.93. The van der Waals surface area contributed by atoms with Gasteiger partial charge in [0.2, 0.25) is 0 Å². The van der Waals surface area contributed by atoms with Crippen LogP contribution in [0.4, 0.5) is 8.78 Å². The van der Waals surface area contributed by atoms with Crippen LogP contribution in [0, 0.1) is 0 Å². The molecular weight excluding hydrogens is 154 g/mol. The standard InChI is InChI=1S/C7H10F2O2/c1-4-2-5(10)6(11)7(8,9)3-4/h2,5-6,10-11H,3H2,1H3/t5-,6+/m0/s1. The summed E-state index contributed by atoms with van der Waals surface area (Å²) in [5.74, 6) is -3.18. The van der Waals surface area contributed by atoms with Crippen molar-refractivity contribution >= 4 is 0 Å². The maximum atomic E-state index is 12.6. The smallest absolute Gasteiger partial charge is 0.279 e. The molecule has 2 atom stereocenters. The van der Waals surface area contributed by atoms with E-state index < -0.39 is 24.6 Å². The molecular formula is C7H10F2O2. The number of halogens is 2. The molecule has 0 aromatic heterocycles. The minimum Gasteiger partial charge on any atom is -0.386 e. The van der Waals surface area contributed by atoms with Crippen molar-refractivity contribution in [3.63, 3.8) is 0 Å². The largest absolute Gasteiger partial charge is 0.386 e. The van der Waals surface area contributed by atoms with Crippen molar-refractivity contribution in [2.45, 2.75) is 31.5 Å². The highest BCUT2D eigenvalue weighted by Crippen LogP contribution is 2.33. The monoisotopic (exact) mass is 164 g/mol. The van der Waals surface area contributed by atoms with E-state index in [2.05, 4.69) is 0 Å². The quantitative estimate of drug-likeness (QED) is 0.517. The number of allylic oxidation sites excluding steroid dienone is 1. The Hall–Kier alpha value is -0.480. The fourth-order valence-corrected chi connectivity index (χ4v) is 1.17. The summed E-state index contributed by atoms with van der Waals surface area (Å²) in [6, 6.07) is 0. The molecule has 0 aliphatic heterocycles. The summed E-state index contributed by atoms with van der Waals surface area (Å²) >= 11 is 0. The van der Waals surface area contributed by atoms with Gasteiger partial charge in [0.15, 0.2) is 0 Å². The van der Waals surface area contributed by atoms with Gasteiger partial charge in [0.05, 0.1) is 0 Å². The van der Waals surface area contributed by atoms with Gasteiger partial charge in [-0.2, -0.15) is 0 Å². The van der Waals surface area contributed by atoms with Crippen molar-refractivity contribution in [3.8, 4) is 0 Å². The van der Waals surface area contributed by atoms with Gasteiger partial charge in [-0.25, -0.2) is 8.78 Å². The second-order valence-corrected chi connectivity index (χ2v) is 2.89. The van der Waals surface area contributed by atoms with Gasteiger partial charge < -0.3 is 10.2 Å². The van der Waals surface area contributed by atoms with E-state index in [1.54, 1.807) is 0 Å². The summed E-state index contributed by atoms with van der Waals surface area (Å²) in [5.41, 5.74) is 0.410. The van der Waals surface area contributed by atoms with Crippen molar-refractivity contribution in [1.29, 1.82) is 0 Å². The molecule has 4 heteroatoms. The zero-order chi connectivity index (χ0) is 8.65. The molecule has 11 heavy (non-hydrogen) atoms. The molecule has 1 aliphatic carbocycles. The number of hydrogen-bond acceptors (Lipinski definition) is 2. The minimum atomic E-state index is -3.18. The zero-order valence-electron chi connectivity index (χ0n) is 6.09. The van der Waals surface area contributed by atoms with Gasteiger partial charge in [-0.15, -0.1) is 0 Å². The van der Waals surface area contributed by atoms with E-state index in [1.165, 1.54) is 13.0 Å². The highest BCUT2D eigenvalue weighted by Gasteiger charge is 2.44. The van der Waals surface area contributed by atoms with Crippen LogP contribution in [0.3, 0.4) is 0 Å². The highest BCUT2D eigenvalue weighted by atomic mass is 19.3. The average Bonchev–Trinajstić information content (AvgIpc) is 1.81. The van der Waals surface area contributed by atoms with E-state index in [0.29, 0.717) is 5.57 Å². The minimum absolute atomic E-state index is 0.410. The van der Waals surface area contributed by atoms with Crippen LogP contribution in [0.5, 0.6) is 0 Å². The van der Waals surface area contributed by atoms with Crippen LogP contribution in [0.25, 0.3) is 0 Å². The van der Waals surface area contributed by atoms with Crippen molar-refractivity contribution in [2.24, 2.45) is 0 Å². The number of rotatable bonds is 0. The molecule has 0 unspecified atom stereocenters. The second kappa shape index (κ2) is 2.53. The SMILES string of the molecule is CC1=C[C@H](O)[C@@H](O)C(F)(F)C1. The maximum Gasteiger partial charge on any atom is 0.279 e. The molecule has 0 aromatic rings. The van der Waals surface area contributed by atoms with E-state index in [-0.39, 0.29) is 0 Å². The maximum absolute atomic E-state index is 12.6. The molecule has 64 valence electrons.